The third-order valence-corrected chi connectivity index (χ3v) is 6.12. The fourth-order valence-corrected chi connectivity index (χ4v) is 3.55. The lowest BCUT2D eigenvalue weighted by Crippen LogP contribution is -2.45. The molecule has 0 bridgehead atoms. The molecule has 0 spiro atoms. The molecule has 1 saturated carbocycles. The molecule has 0 amide bonds. The lowest BCUT2D eigenvalue weighted by Gasteiger charge is -2.46. The van der Waals surface area contributed by atoms with Crippen LogP contribution in [0.1, 0.15) is 46.0 Å². The van der Waals surface area contributed by atoms with Crippen molar-refractivity contribution in [3.05, 3.63) is 12.2 Å². The predicted molar refractivity (Wildman–Crippen MR) is 72.2 cm³/mol. The van der Waals surface area contributed by atoms with Crippen molar-refractivity contribution >= 4 is 21.7 Å². The maximum atomic E-state index is 11.2. The molecule has 2 aliphatic carbocycles. The summed E-state index contributed by atoms with van der Waals surface area (Å²) in [5.41, 5.74) is -0.535. The molecule has 0 saturated heterocycles. The van der Waals surface area contributed by atoms with Gasteiger partial charge in [-0.25, -0.2) is 0 Å². The number of hydrogen-bond donors (Lipinski definition) is 1. The van der Waals surface area contributed by atoms with Crippen LogP contribution < -0.4 is 0 Å². The molecule has 0 radical (unpaired) electrons. The van der Waals surface area contributed by atoms with Crippen molar-refractivity contribution in [3.63, 3.8) is 0 Å². The number of hydrogen-bond acceptors (Lipinski definition) is 2. The number of carbonyl (C=O) groups excluding carboxylic acids is 1. The Balaban J connectivity index is 2.13. The molecule has 0 heterocycles. The first-order valence-electron chi connectivity index (χ1n) is 6.42. The van der Waals surface area contributed by atoms with Crippen LogP contribution in [0.3, 0.4) is 0 Å². The predicted octanol–water partition coefficient (Wildman–Crippen LogP) is 3.23. The minimum Gasteiger partial charge on any atom is -0.385 e. The highest BCUT2D eigenvalue weighted by Crippen LogP contribution is 2.48. The average molecular weight is 301 g/mol. The molecule has 3 atom stereocenters. The van der Waals surface area contributed by atoms with E-state index < -0.39 is 5.60 Å². The van der Waals surface area contributed by atoms with Gasteiger partial charge in [-0.3, -0.25) is 4.79 Å². The van der Waals surface area contributed by atoms with E-state index in [0.29, 0.717) is 17.7 Å². The van der Waals surface area contributed by atoms with Crippen molar-refractivity contribution in [2.75, 3.05) is 0 Å². The summed E-state index contributed by atoms with van der Waals surface area (Å²) in [6, 6.07) is 0. The van der Waals surface area contributed by atoms with Gasteiger partial charge in [0, 0.05) is 11.2 Å². The second kappa shape index (κ2) is 4.51. The minimum atomic E-state index is -0.752. The van der Waals surface area contributed by atoms with E-state index in [2.05, 4.69) is 29.8 Å². The molecule has 3 heteroatoms. The highest BCUT2D eigenvalue weighted by molar-refractivity contribution is 9.09. The molecule has 17 heavy (non-hydrogen) atoms. The number of rotatable bonds is 1. The SMILES string of the molecule is CC1(C)CC(C2(O)C=CC(=O)CC2)CCC1Br. The van der Waals surface area contributed by atoms with Crippen LogP contribution in [0.2, 0.25) is 0 Å². The summed E-state index contributed by atoms with van der Waals surface area (Å²) < 4.78 is 0. The number of carbonyl (C=O) groups is 1. The number of aliphatic hydroxyl groups is 1. The van der Waals surface area contributed by atoms with Crippen LogP contribution in [0, 0.1) is 11.3 Å². The fraction of sp³-hybridized carbons (Fsp3) is 0.786. The van der Waals surface area contributed by atoms with Crippen molar-refractivity contribution in [3.8, 4) is 0 Å². The van der Waals surface area contributed by atoms with Crippen molar-refractivity contribution in [2.45, 2.75) is 56.4 Å². The zero-order valence-corrected chi connectivity index (χ0v) is 12.2. The van der Waals surface area contributed by atoms with Gasteiger partial charge in [0.2, 0.25) is 0 Å². The zero-order chi connectivity index (χ0) is 12.7. The number of ketones is 1. The topological polar surface area (TPSA) is 37.3 Å². The number of halogens is 1. The molecule has 0 aromatic carbocycles. The van der Waals surface area contributed by atoms with Gasteiger partial charge in [-0.1, -0.05) is 29.8 Å². The average Bonchev–Trinajstić information content (AvgIpc) is 2.26. The van der Waals surface area contributed by atoms with Crippen molar-refractivity contribution in [1.82, 2.24) is 0 Å². The van der Waals surface area contributed by atoms with Gasteiger partial charge in [-0.15, -0.1) is 0 Å². The molecule has 0 aromatic rings. The van der Waals surface area contributed by atoms with Crippen LogP contribution in [-0.2, 0) is 4.79 Å². The summed E-state index contributed by atoms with van der Waals surface area (Å²) in [6.07, 6.45) is 7.54. The third-order valence-electron chi connectivity index (χ3n) is 4.43. The van der Waals surface area contributed by atoms with Crippen molar-refractivity contribution in [2.24, 2.45) is 11.3 Å². The van der Waals surface area contributed by atoms with Gasteiger partial charge < -0.3 is 5.11 Å². The molecule has 1 N–H and O–H groups in total. The molecule has 2 nitrogen and oxygen atoms in total. The second-order valence-corrected chi connectivity index (χ2v) is 7.33. The summed E-state index contributed by atoms with van der Waals surface area (Å²) >= 11 is 3.73. The van der Waals surface area contributed by atoms with Crippen LogP contribution in [0.15, 0.2) is 12.2 Å². The van der Waals surface area contributed by atoms with Gasteiger partial charge in [-0.05, 0) is 49.2 Å². The first-order chi connectivity index (χ1) is 7.83. The molecular weight excluding hydrogens is 280 g/mol. The Morgan fingerprint density at radius 1 is 1.41 bits per heavy atom. The van der Waals surface area contributed by atoms with Crippen molar-refractivity contribution < 1.29 is 9.90 Å². The van der Waals surface area contributed by atoms with E-state index in [0.717, 1.165) is 19.3 Å². The fourth-order valence-electron chi connectivity index (χ4n) is 3.10. The highest BCUT2D eigenvalue weighted by atomic mass is 79.9. The lowest BCUT2D eigenvalue weighted by molar-refractivity contribution is -0.117. The Kier molecular flexibility index (Phi) is 3.52. The van der Waals surface area contributed by atoms with E-state index in [-0.39, 0.29) is 17.1 Å². The monoisotopic (exact) mass is 300 g/mol. The largest absolute Gasteiger partial charge is 0.385 e. The third kappa shape index (κ3) is 2.65. The van der Waals surface area contributed by atoms with Gasteiger partial charge >= 0.3 is 0 Å². The van der Waals surface area contributed by atoms with Crippen LogP contribution >= 0.6 is 15.9 Å². The number of allylic oxidation sites excluding steroid dienone is 1. The van der Waals surface area contributed by atoms with Gasteiger partial charge in [-0.2, -0.15) is 0 Å². The normalized spacial score (nSPS) is 41.5. The van der Waals surface area contributed by atoms with E-state index in [1.807, 2.05) is 0 Å². The maximum absolute atomic E-state index is 11.2. The minimum absolute atomic E-state index is 0.142. The Bertz CT molecular complexity index is 348. The molecule has 3 unspecified atom stereocenters. The Morgan fingerprint density at radius 2 is 2.12 bits per heavy atom. The second-order valence-electron chi connectivity index (χ2n) is 6.23. The van der Waals surface area contributed by atoms with E-state index >= 15 is 0 Å². The molecule has 96 valence electrons. The van der Waals surface area contributed by atoms with E-state index in [1.54, 1.807) is 12.2 Å². The summed E-state index contributed by atoms with van der Waals surface area (Å²) in [5, 5.41) is 10.7. The van der Waals surface area contributed by atoms with Crippen molar-refractivity contribution in [1.29, 1.82) is 0 Å². The maximum Gasteiger partial charge on any atom is 0.155 e. The quantitative estimate of drug-likeness (QED) is 0.755. The molecule has 0 aromatic heterocycles. The van der Waals surface area contributed by atoms with Gasteiger partial charge in [0.05, 0.1) is 5.60 Å². The molecule has 2 aliphatic rings. The summed E-state index contributed by atoms with van der Waals surface area (Å²) in [7, 11) is 0. The summed E-state index contributed by atoms with van der Waals surface area (Å²) in [6.45, 7) is 4.50. The molecule has 2 rings (SSSR count). The first-order valence-corrected chi connectivity index (χ1v) is 7.34. The number of alkyl halides is 1. The smallest absolute Gasteiger partial charge is 0.155 e. The van der Waals surface area contributed by atoms with Crippen LogP contribution in [0.25, 0.3) is 0 Å². The van der Waals surface area contributed by atoms with Crippen LogP contribution in [0.4, 0.5) is 0 Å². The van der Waals surface area contributed by atoms with Gasteiger partial charge in [0.25, 0.3) is 0 Å². The molecule has 1 fully saturated rings. The van der Waals surface area contributed by atoms with E-state index in [1.165, 1.54) is 0 Å². The molecule has 0 aliphatic heterocycles. The van der Waals surface area contributed by atoms with Crippen LogP contribution in [0.5, 0.6) is 0 Å². The Labute approximate surface area is 112 Å². The summed E-state index contributed by atoms with van der Waals surface area (Å²) in [4.78, 5) is 11.7. The zero-order valence-electron chi connectivity index (χ0n) is 10.6. The summed E-state index contributed by atoms with van der Waals surface area (Å²) in [5.74, 6) is 0.429. The van der Waals surface area contributed by atoms with E-state index in [9.17, 15) is 9.90 Å². The highest BCUT2D eigenvalue weighted by Gasteiger charge is 2.44. The van der Waals surface area contributed by atoms with Gasteiger partial charge in [0.1, 0.15) is 0 Å². The standard InChI is InChI=1S/C14H21BrO2/c1-13(2)9-10(3-4-12(13)15)14(17)7-5-11(16)6-8-14/h5,7,10,12,17H,3-4,6,8-9H2,1-2H3. The Morgan fingerprint density at radius 3 is 2.65 bits per heavy atom. The molecular formula is C14H21BrO2. The van der Waals surface area contributed by atoms with E-state index in [4.69, 9.17) is 0 Å². The van der Waals surface area contributed by atoms with Gasteiger partial charge in [0.15, 0.2) is 5.78 Å². The van der Waals surface area contributed by atoms with Crippen LogP contribution in [-0.4, -0.2) is 21.3 Å². The Hall–Kier alpha value is -0.150. The lowest BCUT2D eigenvalue weighted by atomic mass is 9.64. The first kappa shape index (κ1) is 13.3.